The Bertz CT molecular complexity index is 1700. The van der Waals surface area contributed by atoms with E-state index in [1.54, 1.807) is 34.5 Å². The van der Waals surface area contributed by atoms with Crippen molar-refractivity contribution in [3.63, 3.8) is 0 Å². The zero-order valence-electron chi connectivity index (χ0n) is 24.6. The second-order valence-electron chi connectivity index (χ2n) is 11.9. The van der Waals surface area contributed by atoms with Gasteiger partial charge in [0.2, 0.25) is 11.8 Å². The smallest absolute Gasteiger partial charge is 0.299 e. The second-order valence-corrected chi connectivity index (χ2v) is 12.8. The summed E-state index contributed by atoms with van der Waals surface area (Å²) >= 11 is 1.38. The van der Waals surface area contributed by atoms with Crippen molar-refractivity contribution in [2.24, 2.45) is 16.9 Å². The topological polar surface area (TPSA) is 164 Å². The predicted molar refractivity (Wildman–Crippen MR) is 165 cm³/mol. The summed E-state index contributed by atoms with van der Waals surface area (Å²) in [6, 6.07) is 10.6. The standard InChI is InChI=1S/C32H34F2N6O4S/c1-17(25-11-19(15-45-25)28(36)37)39-30(43)24-12-31(16-44-9-8-35)13-26(31)40(24)27(41)14-38-29(42)18-6-7-23-21(10-18)20-4-2-3-5-22(20)32(23,33)34/h2-7,10-11,15,17,24,26H,8-9,12-14,16,35H2,1H3,(H3,36,37)(H,38,42)(H,39,43)/t17-,24+,26?,31+/m1/s1. The molecule has 3 amide bonds. The number of nitrogens with two attached hydrogens (primary N) is 2. The van der Waals surface area contributed by atoms with Crippen molar-refractivity contribution in [3.8, 4) is 11.1 Å². The molecule has 10 nitrogen and oxygen atoms in total. The summed E-state index contributed by atoms with van der Waals surface area (Å²) in [7, 11) is 0. The number of piperidine rings is 1. The lowest BCUT2D eigenvalue weighted by Gasteiger charge is -2.28. The maximum absolute atomic E-state index is 15.0. The van der Waals surface area contributed by atoms with Gasteiger partial charge in [0.1, 0.15) is 11.9 Å². The van der Waals surface area contributed by atoms with E-state index >= 15 is 0 Å². The van der Waals surface area contributed by atoms with Gasteiger partial charge in [-0.1, -0.05) is 30.3 Å². The summed E-state index contributed by atoms with van der Waals surface area (Å²) in [5.41, 5.74) is 11.9. The Hall–Kier alpha value is -4.20. The first-order chi connectivity index (χ1) is 21.5. The first-order valence-corrected chi connectivity index (χ1v) is 15.6. The molecule has 1 unspecified atom stereocenters. The zero-order valence-corrected chi connectivity index (χ0v) is 25.4. The van der Waals surface area contributed by atoms with Crippen LogP contribution < -0.4 is 22.1 Å². The van der Waals surface area contributed by atoms with Crippen LogP contribution in [0.15, 0.2) is 53.9 Å². The molecule has 2 aliphatic carbocycles. The molecule has 3 aromatic rings. The Morgan fingerprint density at radius 3 is 2.60 bits per heavy atom. The number of halogens is 2. The zero-order chi connectivity index (χ0) is 32.1. The quantitative estimate of drug-likeness (QED) is 0.123. The molecule has 2 heterocycles. The van der Waals surface area contributed by atoms with E-state index < -0.39 is 23.8 Å². The number of carbonyl (C=O) groups is 3. The molecular formula is C32H34F2N6O4S. The van der Waals surface area contributed by atoms with Gasteiger partial charge < -0.3 is 31.7 Å². The number of fused-ring (bicyclic) bond motifs is 4. The Balaban J connectivity index is 1.15. The third-order valence-corrected chi connectivity index (χ3v) is 10.1. The summed E-state index contributed by atoms with van der Waals surface area (Å²) in [6.45, 7) is 2.52. The molecule has 3 aliphatic rings. The number of hydrogen-bond donors (Lipinski definition) is 5. The Morgan fingerprint density at radius 2 is 1.87 bits per heavy atom. The van der Waals surface area contributed by atoms with Crippen molar-refractivity contribution in [2.45, 2.75) is 43.8 Å². The second kappa shape index (κ2) is 11.6. The lowest BCUT2D eigenvalue weighted by atomic mass is 10.00. The Labute approximate surface area is 262 Å². The van der Waals surface area contributed by atoms with Gasteiger partial charge in [-0.3, -0.25) is 19.8 Å². The van der Waals surface area contributed by atoms with Gasteiger partial charge in [-0.2, -0.15) is 8.78 Å². The van der Waals surface area contributed by atoms with Crippen LogP contribution in [0.4, 0.5) is 8.78 Å². The van der Waals surface area contributed by atoms with E-state index in [4.69, 9.17) is 21.6 Å². The van der Waals surface area contributed by atoms with E-state index in [1.165, 1.54) is 35.6 Å². The monoisotopic (exact) mass is 636 g/mol. The van der Waals surface area contributed by atoms with Crippen LogP contribution in [0.1, 0.15) is 57.7 Å². The van der Waals surface area contributed by atoms with Crippen molar-refractivity contribution >= 4 is 34.9 Å². The number of ether oxygens (including phenoxy) is 1. The van der Waals surface area contributed by atoms with Crippen LogP contribution in [0.25, 0.3) is 11.1 Å². The molecule has 1 aromatic heterocycles. The summed E-state index contributed by atoms with van der Waals surface area (Å²) < 4.78 is 35.6. The molecule has 1 saturated heterocycles. The van der Waals surface area contributed by atoms with Gasteiger partial charge in [0.25, 0.3) is 11.8 Å². The molecule has 0 radical (unpaired) electrons. The molecular weight excluding hydrogens is 602 g/mol. The van der Waals surface area contributed by atoms with Crippen molar-refractivity contribution in [1.29, 1.82) is 5.41 Å². The van der Waals surface area contributed by atoms with Crippen LogP contribution in [-0.2, 0) is 20.2 Å². The minimum absolute atomic E-state index is 0.0622. The SMILES string of the molecule is C[C@@H](NC(=O)[C@@H]1C[C@@]2(COCCN)CC2N1C(=O)CNC(=O)c1ccc2c(c1)-c1ccccc1C2(F)F)c1cc(C(=N)N)cs1. The summed E-state index contributed by atoms with van der Waals surface area (Å²) in [6.07, 6.45) is 1.07. The number of thiophene rings is 1. The third kappa shape index (κ3) is 5.49. The normalized spacial score (nSPS) is 22.6. The number of amidine groups is 1. The molecule has 45 heavy (non-hydrogen) atoms. The van der Waals surface area contributed by atoms with Crippen LogP contribution in [0.3, 0.4) is 0 Å². The van der Waals surface area contributed by atoms with E-state index in [1.807, 2.05) is 6.92 Å². The molecule has 0 bridgehead atoms. The van der Waals surface area contributed by atoms with Crippen LogP contribution in [0.5, 0.6) is 0 Å². The van der Waals surface area contributed by atoms with E-state index in [9.17, 15) is 23.2 Å². The molecule has 2 fully saturated rings. The van der Waals surface area contributed by atoms with Gasteiger partial charge in [-0.25, -0.2) is 0 Å². The molecule has 4 atom stereocenters. The number of likely N-dealkylation sites (tertiary alicyclic amines) is 1. The largest absolute Gasteiger partial charge is 0.384 e. The van der Waals surface area contributed by atoms with Gasteiger partial charge >= 0.3 is 0 Å². The lowest BCUT2D eigenvalue weighted by molar-refractivity contribution is -0.139. The first-order valence-electron chi connectivity index (χ1n) is 14.7. The van der Waals surface area contributed by atoms with Crippen molar-refractivity contribution < 1.29 is 27.9 Å². The fourth-order valence-electron chi connectivity index (χ4n) is 6.55. The Morgan fingerprint density at radius 1 is 1.11 bits per heavy atom. The fraction of sp³-hybridized carbons (Fsp3) is 0.375. The van der Waals surface area contributed by atoms with E-state index in [2.05, 4.69) is 10.6 Å². The average molecular weight is 637 g/mol. The third-order valence-electron chi connectivity index (χ3n) is 8.95. The molecule has 0 spiro atoms. The molecule has 2 aromatic carbocycles. The number of rotatable bonds is 11. The summed E-state index contributed by atoms with van der Waals surface area (Å²) in [5.74, 6) is -4.56. The number of alkyl halides is 2. The van der Waals surface area contributed by atoms with Crippen molar-refractivity contribution in [2.75, 3.05) is 26.3 Å². The molecule has 13 heteroatoms. The Kier molecular flexibility index (Phi) is 7.96. The number of carbonyl (C=O) groups excluding carboxylic acids is 3. The van der Waals surface area contributed by atoms with Crippen molar-refractivity contribution in [3.05, 3.63) is 81.0 Å². The van der Waals surface area contributed by atoms with E-state index in [0.29, 0.717) is 43.7 Å². The van der Waals surface area contributed by atoms with E-state index in [0.717, 1.165) is 4.88 Å². The van der Waals surface area contributed by atoms with Gasteiger partial charge in [0, 0.05) is 50.5 Å². The van der Waals surface area contributed by atoms with Crippen LogP contribution in [-0.4, -0.2) is 66.8 Å². The van der Waals surface area contributed by atoms with Gasteiger partial charge in [0.15, 0.2) is 0 Å². The number of benzene rings is 2. The minimum atomic E-state index is -3.16. The maximum atomic E-state index is 15.0. The summed E-state index contributed by atoms with van der Waals surface area (Å²) in [4.78, 5) is 42.7. The maximum Gasteiger partial charge on any atom is 0.299 e. The van der Waals surface area contributed by atoms with Gasteiger partial charge in [0.05, 0.1) is 25.8 Å². The number of amides is 3. The highest BCUT2D eigenvalue weighted by molar-refractivity contribution is 7.10. The molecule has 236 valence electrons. The fourth-order valence-corrected chi connectivity index (χ4v) is 7.47. The van der Waals surface area contributed by atoms with Crippen LogP contribution >= 0.6 is 11.3 Å². The molecule has 1 saturated carbocycles. The van der Waals surface area contributed by atoms with Crippen LogP contribution in [0, 0.1) is 10.8 Å². The number of hydrogen-bond acceptors (Lipinski definition) is 7. The average Bonchev–Trinajstić information content (AvgIpc) is 3.31. The van der Waals surface area contributed by atoms with Crippen LogP contribution in [0.2, 0.25) is 0 Å². The molecule has 1 aliphatic heterocycles. The number of nitrogens with one attached hydrogen (secondary N) is 3. The first kappa shape index (κ1) is 30.8. The van der Waals surface area contributed by atoms with Crippen molar-refractivity contribution in [1.82, 2.24) is 15.5 Å². The molecule has 7 N–H and O–H groups in total. The highest BCUT2D eigenvalue weighted by Gasteiger charge is 2.67. The predicted octanol–water partition coefficient (Wildman–Crippen LogP) is 3.09. The summed E-state index contributed by atoms with van der Waals surface area (Å²) in [5, 5.41) is 15.0. The minimum Gasteiger partial charge on any atom is -0.384 e. The van der Waals surface area contributed by atoms with Gasteiger partial charge in [-0.15, -0.1) is 11.3 Å². The highest BCUT2D eigenvalue weighted by Crippen LogP contribution is 2.59. The van der Waals surface area contributed by atoms with Gasteiger partial charge in [-0.05, 0) is 49.1 Å². The number of nitrogens with zero attached hydrogens (tertiary/aromatic N) is 1. The lowest BCUT2D eigenvalue weighted by Crippen LogP contribution is -2.51. The molecule has 6 rings (SSSR count). The van der Waals surface area contributed by atoms with E-state index in [-0.39, 0.29) is 58.0 Å². The highest BCUT2D eigenvalue weighted by atomic mass is 32.1. The number of nitrogen functional groups attached to an aromatic ring is 1.